The van der Waals surface area contributed by atoms with Crippen LogP contribution in [0.15, 0.2) is 284 Å². The molecule has 2 aliphatic heterocycles. The fourth-order valence-corrected chi connectivity index (χ4v) is 17.5. The standard InChI is InChI=1S/C24H22O.C22H26O2.C17H16ClNO.C17H16OS.C16H17NO2.C16H13NO/c1-19-3-5-20(6-4-19)7-8-21-9-11-22(12-10-21)13-14-23-15-17-24(25-2)18-16-23;1-3-5-15-23-21-17-11-7-9-13-19(17)22(24-16-6-4-2)20-14-10-8-12-18(20)21;1-2-3-10-19-15-7-5-4-6-13(15)17(20)14-11-12(18)8-9-16(14)19;1-3-11-9-12(4-2)17-14(10-11)16(18)13-7-5-6-8-15(13)19-17;1-10-8-14(18)19-16-12-5-3-7-17-6-2-4-11(15(12)17)9-13(10)16;1-12-6-8-13(9-7-12)10-11-16-17-14-4-2-3-5-15(14)18-16/h3-18H,1-2H3;7-14H,3-6,15-16H2,1-2H3;4-9,11H,2-3,10H2,1H3;5-10H,3-4H2,1-2H3;8-9H,2-7H2,1H3;2-11H,1H3/b8-7+,14-13+;;;;;11-10+. The molecule has 0 saturated heterocycles. The summed E-state index contributed by atoms with van der Waals surface area (Å²) in [5.41, 5.74) is 20.6. The number of methoxy groups -OCH3 is 1. The monoisotopic (exact) mass is 1690 g/mol. The number of fused-ring (bicyclic) bond motifs is 9. The SMILES string of the molecule is CCCCOc1c2ccccc2c(OCCCC)c2ccccc12.CCCCn1c2ccccc2c(=O)c2cc(Cl)ccc21.CCc1cc(CC)c2sc3ccccc3c(=O)c2c1.COc1ccc(/C=C/c2ccc(/C=C/c3ccc(C)cc3)cc2)cc1.Cc1cc(=O)oc2c3c4c(cc12)CCCN4CCC3.Cc1ccc(/C=C/c2nc3ccccc3o2)cc1. The van der Waals surface area contributed by atoms with Crippen molar-refractivity contribution in [2.75, 3.05) is 38.3 Å². The third-order valence-corrected chi connectivity index (χ3v) is 24.4. The normalized spacial score (nSPS) is 12.2. The first-order valence-electron chi connectivity index (χ1n) is 44.1. The second-order valence-corrected chi connectivity index (χ2v) is 33.4. The molecule has 0 spiro atoms. The molecule has 13 heteroatoms. The van der Waals surface area contributed by atoms with Gasteiger partial charge in [-0.2, -0.15) is 0 Å². The van der Waals surface area contributed by atoms with Crippen LogP contribution in [0.1, 0.15) is 159 Å². The van der Waals surface area contributed by atoms with E-state index in [0.717, 1.165) is 218 Å². The van der Waals surface area contributed by atoms with Crippen LogP contribution in [0, 0.1) is 20.8 Å². The second-order valence-electron chi connectivity index (χ2n) is 31.9. The van der Waals surface area contributed by atoms with Gasteiger partial charge in [-0.15, -0.1) is 11.3 Å². The summed E-state index contributed by atoms with van der Waals surface area (Å²) in [6.45, 7) is 21.7. The van der Waals surface area contributed by atoms with Crippen molar-refractivity contribution < 1.29 is 23.0 Å². The summed E-state index contributed by atoms with van der Waals surface area (Å²) >= 11 is 7.79. The Hall–Kier alpha value is -12.9. The van der Waals surface area contributed by atoms with E-state index in [1.807, 2.05) is 128 Å². The Morgan fingerprint density at radius 3 is 1.53 bits per heavy atom. The first-order valence-corrected chi connectivity index (χ1v) is 45.3. The molecule has 17 aromatic rings. The van der Waals surface area contributed by atoms with Crippen LogP contribution in [0.25, 0.3) is 122 Å². The highest BCUT2D eigenvalue weighted by atomic mass is 35.5. The van der Waals surface area contributed by atoms with Gasteiger partial charge in [-0.1, -0.05) is 277 Å². The van der Waals surface area contributed by atoms with Crippen molar-refractivity contribution in [1.82, 2.24) is 9.55 Å². The number of hydrogen-bond donors (Lipinski definition) is 0. The molecular formula is C112H110ClN3O8S. The third kappa shape index (κ3) is 21.8. The Kier molecular flexibility index (Phi) is 30.4. The number of anilines is 1. The van der Waals surface area contributed by atoms with Gasteiger partial charge in [0.25, 0.3) is 0 Å². The summed E-state index contributed by atoms with van der Waals surface area (Å²) in [6, 6.07) is 87.4. The van der Waals surface area contributed by atoms with Gasteiger partial charge < -0.3 is 32.5 Å². The zero-order valence-electron chi connectivity index (χ0n) is 73.2. The van der Waals surface area contributed by atoms with Crippen molar-refractivity contribution in [3.8, 4) is 17.2 Å². The van der Waals surface area contributed by atoms with Gasteiger partial charge in [0.2, 0.25) is 5.89 Å². The zero-order valence-corrected chi connectivity index (χ0v) is 74.8. The Morgan fingerprint density at radius 1 is 0.464 bits per heavy atom. The van der Waals surface area contributed by atoms with E-state index in [4.69, 9.17) is 34.6 Å². The average Bonchev–Trinajstić information content (AvgIpc) is 1.08. The van der Waals surface area contributed by atoms with E-state index in [0.29, 0.717) is 16.3 Å². The van der Waals surface area contributed by atoms with E-state index in [2.05, 4.69) is 227 Å². The lowest BCUT2D eigenvalue weighted by Gasteiger charge is -2.37. The molecule has 6 heterocycles. The summed E-state index contributed by atoms with van der Waals surface area (Å²) in [5.74, 6) is 3.48. The van der Waals surface area contributed by atoms with E-state index in [-0.39, 0.29) is 16.5 Å². The number of aryl methyl sites for hydroxylation is 8. The lowest BCUT2D eigenvalue weighted by molar-refractivity contribution is 0.311. The molecule has 125 heavy (non-hydrogen) atoms. The van der Waals surface area contributed by atoms with E-state index in [1.54, 1.807) is 30.6 Å². The molecule has 4 aromatic heterocycles. The maximum atomic E-state index is 12.6. The third-order valence-electron chi connectivity index (χ3n) is 22.9. The van der Waals surface area contributed by atoms with Crippen LogP contribution < -0.4 is 35.6 Å². The molecule has 0 fully saturated rings. The predicted octanol–water partition coefficient (Wildman–Crippen LogP) is 28.9. The van der Waals surface area contributed by atoms with Crippen LogP contribution in [0.4, 0.5) is 5.69 Å². The molecule has 0 N–H and O–H groups in total. The van der Waals surface area contributed by atoms with Crippen molar-refractivity contribution in [1.29, 1.82) is 0 Å². The molecule has 0 saturated carbocycles. The molecule has 0 unspecified atom stereocenters. The van der Waals surface area contributed by atoms with Crippen LogP contribution in [0.3, 0.4) is 0 Å². The fraction of sp³-hybridized carbons (Fsp3) is 0.232. The predicted molar refractivity (Wildman–Crippen MR) is 531 cm³/mol. The van der Waals surface area contributed by atoms with Crippen molar-refractivity contribution in [2.45, 2.75) is 139 Å². The number of pyridine rings is 1. The first kappa shape index (κ1) is 88.4. The maximum Gasteiger partial charge on any atom is 0.336 e. The van der Waals surface area contributed by atoms with Crippen LogP contribution >= 0.6 is 22.9 Å². The van der Waals surface area contributed by atoms with Crippen LogP contribution in [-0.2, 0) is 32.2 Å². The Bertz CT molecular complexity index is 6720. The van der Waals surface area contributed by atoms with Crippen LogP contribution in [-0.4, -0.2) is 43.0 Å². The maximum absolute atomic E-state index is 12.6. The van der Waals surface area contributed by atoms with Gasteiger partial charge in [-0.3, -0.25) is 9.59 Å². The van der Waals surface area contributed by atoms with Gasteiger partial charge in [0.1, 0.15) is 28.3 Å². The van der Waals surface area contributed by atoms with Crippen molar-refractivity contribution in [2.24, 2.45) is 0 Å². The van der Waals surface area contributed by atoms with E-state index < -0.39 is 0 Å². The Morgan fingerprint density at radius 2 is 0.968 bits per heavy atom. The molecule has 13 aromatic carbocycles. The van der Waals surface area contributed by atoms with Gasteiger partial charge in [0.05, 0.1) is 31.4 Å². The summed E-state index contributed by atoms with van der Waals surface area (Å²) in [5, 5.41) is 9.47. The number of unbranched alkanes of at least 4 members (excludes halogenated alkanes) is 3. The van der Waals surface area contributed by atoms with Gasteiger partial charge in [-0.25, -0.2) is 9.78 Å². The van der Waals surface area contributed by atoms with E-state index in [9.17, 15) is 14.4 Å². The van der Waals surface area contributed by atoms with Gasteiger partial charge in [0, 0.05) is 106 Å². The number of nitrogens with zero attached hydrogens (tertiary/aromatic N) is 3. The fourth-order valence-electron chi connectivity index (χ4n) is 16.1. The largest absolute Gasteiger partial charge is 0.497 e. The van der Waals surface area contributed by atoms with Crippen LogP contribution in [0.2, 0.25) is 5.02 Å². The molecule has 0 atom stereocenters. The number of ether oxygens (including phenoxy) is 3. The quantitative estimate of drug-likeness (QED) is 0.0315. The molecule has 19 rings (SSSR count). The molecule has 2 aliphatic rings. The van der Waals surface area contributed by atoms with Crippen molar-refractivity contribution in [3.05, 3.63) is 369 Å². The topological polar surface area (TPSA) is 126 Å². The molecule has 0 aliphatic carbocycles. The van der Waals surface area contributed by atoms with Crippen LogP contribution in [0.5, 0.6) is 17.2 Å². The van der Waals surface area contributed by atoms with E-state index in [1.165, 1.54) is 62.2 Å². The molecule has 11 nitrogen and oxygen atoms in total. The number of halogens is 1. The minimum atomic E-state index is -0.228. The number of para-hydroxylation sites is 3. The van der Waals surface area contributed by atoms with Crippen molar-refractivity contribution >= 4 is 151 Å². The highest BCUT2D eigenvalue weighted by Gasteiger charge is 2.28. The second kappa shape index (κ2) is 43.0. The molecular weight excluding hydrogens is 1580 g/mol. The number of oxazole rings is 1. The van der Waals surface area contributed by atoms with E-state index >= 15 is 0 Å². The lowest BCUT2D eigenvalue weighted by Crippen LogP contribution is -2.34. The highest BCUT2D eigenvalue weighted by molar-refractivity contribution is 7.24. The number of benzene rings is 13. The van der Waals surface area contributed by atoms with Gasteiger partial charge in [-0.05, 0) is 214 Å². The summed E-state index contributed by atoms with van der Waals surface area (Å²) < 4.78 is 33.2. The average molecular weight is 1690 g/mol. The summed E-state index contributed by atoms with van der Waals surface area (Å²) in [4.78, 5) is 43.7. The minimum absolute atomic E-state index is 0.0610. The summed E-state index contributed by atoms with van der Waals surface area (Å²) in [7, 11) is 1.68. The summed E-state index contributed by atoms with van der Waals surface area (Å²) in [6.07, 6.45) is 25.5. The van der Waals surface area contributed by atoms with Gasteiger partial charge >= 0.3 is 5.63 Å². The number of rotatable bonds is 20. The molecule has 634 valence electrons. The zero-order chi connectivity index (χ0) is 87.1. The minimum Gasteiger partial charge on any atom is -0.497 e. The van der Waals surface area contributed by atoms with Crippen molar-refractivity contribution in [3.63, 3.8) is 0 Å². The van der Waals surface area contributed by atoms with Gasteiger partial charge in [0.15, 0.2) is 16.4 Å². The number of hydrogen-bond acceptors (Lipinski definition) is 11. The Labute approximate surface area is 742 Å². The first-order chi connectivity index (χ1) is 61.1. The Balaban J connectivity index is 0.000000122. The smallest absolute Gasteiger partial charge is 0.336 e. The molecule has 0 amide bonds. The number of aromatic nitrogens is 2. The molecule has 0 bridgehead atoms. The highest BCUT2D eigenvalue weighted by Crippen LogP contribution is 2.44. The lowest BCUT2D eigenvalue weighted by atomic mass is 9.89. The molecule has 0 radical (unpaired) electrons.